The standard InChI is InChI=1S/C15H23F3N4O/c1-4-5-8-22(3)14(19-2)21-10-12-6-7-20-13(9-12)23-11-15(16,17)18/h6-7,9H,4-5,8,10-11H2,1-3H3,(H,19,21). The zero-order valence-electron chi connectivity index (χ0n) is 13.7. The SMILES string of the molecule is CCCCN(C)C(=NC)NCc1ccnc(OCC(F)(F)F)c1. The Morgan fingerprint density at radius 1 is 1.43 bits per heavy atom. The maximum absolute atomic E-state index is 12.1. The van der Waals surface area contributed by atoms with Crippen molar-refractivity contribution < 1.29 is 17.9 Å². The third kappa shape index (κ3) is 7.71. The molecule has 130 valence electrons. The molecule has 1 N–H and O–H groups in total. The first-order valence-corrected chi connectivity index (χ1v) is 7.42. The molecule has 0 bridgehead atoms. The van der Waals surface area contributed by atoms with E-state index in [0.29, 0.717) is 6.54 Å². The summed E-state index contributed by atoms with van der Waals surface area (Å²) in [5, 5.41) is 3.16. The van der Waals surface area contributed by atoms with E-state index in [1.807, 2.05) is 11.9 Å². The molecule has 0 fully saturated rings. The van der Waals surface area contributed by atoms with Crippen LogP contribution in [0.25, 0.3) is 0 Å². The minimum absolute atomic E-state index is 0.0454. The molecule has 0 radical (unpaired) electrons. The molecule has 0 aromatic carbocycles. The van der Waals surface area contributed by atoms with Gasteiger partial charge in [-0.2, -0.15) is 13.2 Å². The van der Waals surface area contributed by atoms with Crippen LogP contribution in [0.5, 0.6) is 5.88 Å². The number of nitrogens with zero attached hydrogens (tertiary/aromatic N) is 3. The summed E-state index contributed by atoms with van der Waals surface area (Å²) in [6.45, 7) is 2.07. The molecule has 0 aliphatic rings. The molecular weight excluding hydrogens is 309 g/mol. The Bertz CT molecular complexity index is 506. The molecule has 1 aromatic rings. The minimum atomic E-state index is -4.38. The van der Waals surface area contributed by atoms with Gasteiger partial charge in [0.15, 0.2) is 12.6 Å². The van der Waals surface area contributed by atoms with E-state index >= 15 is 0 Å². The average molecular weight is 332 g/mol. The molecule has 5 nitrogen and oxygen atoms in total. The van der Waals surface area contributed by atoms with Crippen LogP contribution in [0.4, 0.5) is 13.2 Å². The molecule has 0 saturated carbocycles. The molecule has 0 unspecified atom stereocenters. The van der Waals surface area contributed by atoms with E-state index < -0.39 is 12.8 Å². The molecule has 0 saturated heterocycles. The first kappa shape index (κ1) is 19.1. The monoisotopic (exact) mass is 332 g/mol. The Morgan fingerprint density at radius 3 is 2.78 bits per heavy atom. The quantitative estimate of drug-likeness (QED) is 0.616. The van der Waals surface area contributed by atoms with Crippen molar-refractivity contribution in [1.82, 2.24) is 15.2 Å². The van der Waals surface area contributed by atoms with Gasteiger partial charge in [0.1, 0.15) is 0 Å². The largest absolute Gasteiger partial charge is 0.468 e. The van der Waals surface area contributed by atoms with Gasteiger partial charge in [-0.05, 0) is 18.1 Å². The van der Waals surface area contributed by atoms with E-state index in [2.05, 4.69) is 27.0 Å². The fourth-order valence-corrected chi connectivity index (χ4v) is 1.86. The number of ether oxygens (including phenoxy) is 1. The van der Waals surface area contributed by atoms with Crippen molar-refractivity contribution in [2.75, 3.05) is 27.2 Å². The highest BCUT2D eigenvalue weighted by Crippen LogP contribution is 2.17. The van der Waals surface area contributed by atoms with E-state index in [1.54, 1.807) is 13.1 Å². The number of hydrogen-bond donors (Lipinski definition) is 1. The number of aliphatic imine (C=N–C) groups is 1. The highest BCUT2D eigenvalue weighted by atomic mass is 19.4. The maximum Gasteiger partial charge on any atom is 0.422 e. The van der Waals surface area contributed by atoms with Crippen LogP contribution in [-0.4, -0.2) is 49.3 Å². The van der Waals surface area contributed by atoms with Crippen molar-refractivity contribution in [3.8, 4) is 5.88 Å². The number of guanidine groups is 1. The Labute approximate surface area is 134 Å². The Morgan fingerprint density at radius 2 is 2.17 bits per heavy atom. The molecule has 0 atom stereocenters. The molecule has 1 aromatic heterocycles. The molecular formula is C15H23F3N4O. The summed E-state index contributed by atoms with van der Waals surface area (Å²) >= 11 is 0. The second-order valence-corrected chi connectivity index (χ2v) is 5.08. The van der Waals surface area contributed by atoms with Gasteiger partial charge in [-0.15, -0.1) is 0 Å². The van der Waals surface area contributed by atoms with Crippen LogP contribution in [0.1, 0.15) is 25.3 Å². The highest BCUT2D eigenvalue weighted by Gasteiger charge is 2.28. The average Bonchev–Trinajstić information content (AvgIpc) is 2.51. The number of alkyl halides is 3. The molecule has 8 heteroatoms. The van der Waals surface area contributed by atoms with Crippen LogP contribution in [0, 0.1) is 0 Å². The third-order valence-electron chi connectivity index (χ3n) is 3.05. The van der Waals surface area contributed by atoms with Gasteiger partial charge in [-0.1, -0.05) is 13.3 Å². The minimum Gasteiger partial charge on any atom is -0.468 e. The molecule has 0 spiro atoms. The molecule has 0 amide bonds. The molecule has 0 aliphatic heterocycles. The van der Waals surface area contributed by atoms with Gasteiger partial charge < -0.3 is 15.0 Å². The highest BCUT2D eigenvalue weighted by molar-refractivity contribution is 5.79. The third-order valence-corrected chi connectivity index (χ3v) is 3.05. The summed E-state index contributed by atoms with van der Waals surface area (Å²) in [6, 6.07) is 3.20. The van der Waals surface area contributed by atoms with Gasteiger partial charge in [0.05, 0.1) is 0 Å². The van der Waals surface area contributed by atoms with Crippen molar-refractivity contribution in [3.63, 3.8) is 0 Å². The van der Waals surface area contributed by atoms with E-state index in [4.69, 9.17) is 0 Å². The smallest absolute Gasteiger partial charge is 0.422 e. The van der Waals surface area contributed by atoms with Crippen molar-refractivity contribution in [3.05, 3.63) is 23.9 Å². The molecule has 23 heavy (non-hydrogen) atoms. The lowest BCUT2D eigenvalue weighted by Crippen LogP contribution is -2.38. The normalized spacial score (nSPS) is 12.2. The summed E-state index contributed by atoms with van der Waals surface area (Å²) in [5.41, 5.74) is 0.766. The van der Waals surface area contributed by atoms with E-state index in [0.717, 1.165) is 30.9 Å². The van der Waals surface area contributed by atoms with Gasteiger partial charge in [0, 0.05) is 39.4 Å². The van der Waals surface area contributed by atoms with Crippen LogP contribution in [0.3, 0.4) is 0 Å². The van der Waals surface area contributed by atoms with Crippen LogP contribution in [-0.2, 0) is 6.54 Å². The molecule has 1 heterocycles. The number of pyridine rings is 1. The van der Waals surface area contributed by atoms with E-state index in [1.165, 1.54) is 12.3 Å². The van der Waals surface area contributed by atoms with Crippen molar-refractivity contribution in [1.29, 1.82) is 0 Å². The summed E-state index contributed by atoms with van der Waals surface area (Å²) < 4.78 is 41.1. The second kappa shape index (κ2) is 9.22. The van der Waals surface area contributed by atoms with Crippen molar-refractivity contribution >= 4 is 5.96 Å². The number of halogens is 3. The van der Waals surface area contributed by atoms with Crippen LogP contribution >= 0.6 is 0 Å². The number of hydrogen-bond acceptors (Lipinski definition) is 3. The summed E-state index contributed by atoms with van der Waals surface area (Å²) in [4.78, 5) is 9.96. The van der Waals surface area contributed by atoms with Gasteiger partial charge in [0.2, 0.25) is 5.88 Å². The van der Waals surface area contributed by atoms with Crippen LogP contribution < -0.4 is 10.1 Å². The van der Waals surface area contributed by atoms with Gasteiger partial charge >= 0.3 is 6.18 Å². The zero-order chi connectivity index (χ0) is 17.3. The predicted molar refractivity (Wildman–Crippen MR) is 83.5 cm³/mol. The molecule has 0 aliphatic carbocycles. The number of rotatable bonds is 7. The lowest BCUT2D eigenvalue weighted by molar-refractivity contribution is -0.154. The lowest BCUT2D eigenvalue weighted by Gasteiger charge is -2.21. The zero-order valence-corrected chi connectivity index (χ0v) is 13.7. The fourth-order valence-electron chi connectivity index (χ4n) is 1.86. The maximum atomic E-state index is 12.1. The fraction of sp³-hybridized carbons (Fsp3) is 0.600. The van der Waals surface area contributed by atoms with E-state index in [9.17, 15) is 13.2 Å². The van der Waals surface area contributed by atoms with Crippen molar-refractivity contribution in [2.45, 2.75) is 32.5 Å². The second-order valence-electron chi connectivity index (χ2n) is 5.08. The number of aromatic nitrogens is 1. The van der Waals surface area contributed by atoms with Crippen molar-refractivity contribution in [2.24, 2.45) is 4.99 Å². The van der Waals surface area contributed by atoms with Crippen LogP contribution in [0.15, 0.2) is 23.3 Å². The topological polar surface area (TPSA) is 49.8 Å². The lowest BCUT2D eigenvalue weighted by atomic mass is 10.2. The first-order chi connectivity index (χ1) is 10.9. The number of unbranched alkanes of at least 4 members (excludes halogenated alkanes) is 1. The Hall–Kier alpha value is -1.99. The van der Waals surface area contributed by atoms with Gasteiger partial charge in [-0.3, -0.25) is 4.99 Å². The Balaban J connectivity index is 2.56. The molecule has 1 rings (SSSR count). The van der Waals surface area contributed by atoms with E-state index in [-0.39, 0.29) is 5.88 Å². The van der Waals surface area contributed by atoms with Crippen LogP contribution in [0.2, 0.25) is 0 Å². The summed E-state index contributed by atoms with van der Waals surface area (Å²) in [6.07, 6.45) is -0.806. The van der Waals surface area contributed by atoms with Gasteiger partial charge in [-0.25, -0.2) is 4.98 Å². The Kier molecular flexibility index (Phi) is 7.64. The summed E-state index contributed by atoms with van der Waals surface area (Å²) in [7, 11) is 3.63. The number of nitrogens with one attached hydrogen (secondary N) is 1. The first-order valence-electron chi connectivity index (χ1n) is 7.42. The van der Waals surface area contributed by atoms with Gasteiger partial charge in [0.25, 0.3) is 0 Å². The summed E-state index contributed by atoms with van der Waals surface area (Å²) in [5.74, 6) is 0.684. The predicted octanol–water partition coefficient (Wildman–Crippen LogP) is 2.83.